The molecule has 0 aliphatic carbocycles. The Hall–Kier alpha value is -1.75. The lowest BCUT2D eigenvalue weighted by molar-refractivity contribution is 0.0886. The Bertz CT molecular complexity index is 474. The van der Waals surface area contributed by atoms with E-state index < -0.39 is 5.54 Å². The van der Waals surface area contributed by atoms with Crippen LogP contribution in [0.25, 0.3) is 0 Å². The maximum atomic E-state index is 12.3. The summed E-state index contributed by atoms with van der Waals surface area (Å²) in [6.45, 7) is 3.96. The average molecular weight is 279 g/mol. The molecule has 0 saturated carbocycles. The summed E-state index contributed by atoms with van der Waals surface area (Å²) in [5.41, 5.74) is 7.54. The number of nitrogens with two attached hydrogens (primary N) is 1. The van der Waals surface area contributed by atoms with Crippen molar-refractivity contribution in [2.24, 2.45) is 0 Å². The molecule has 0 spiro atoms. The van der Waals surface area contributed by atoms with Crippen molar-refractivity contribution in [1.29, 1.82) is 0 Å². The molecule has 0 aliphatic heterocycles. The third kappa shape index (κ3) is 3.87. The summed E-state index contributed by atoms with van der Waals surface area (Å²) >= 11 is 0. The monoisotopic (exact) mass is 279 g/mol. The SMILES string of the molecule is CCC(C)(CCO)NC(=O)c1ccc(N(C)C)c(N)c1. The molecule has 1 rings (SSSR count). The Morgan fingerprint density at radius 1 is 1.45 bits per heavy atom. The second-order valence-electron chi connectivity index (χ2n) is 5.51. The first-order chi connectivity index (χ1) is 9.33. The number of nitrogens with zero attached hydrogens (tertiary/aromatic N) is 1. The van der Waals surface area contributed by atoms with Gasteiger partial charge in [-0.25, -0.2) is 0 Å². The third-order valence-electron chi connectivity index (χ3n) is 3.63. The van der Waals surface area contributed by atoms with Gasteiger partial charge < -0.3 is 21.1 Å². The number of carbonyl (C=O) groups is 1. The minimum Gasteiger partial charge on any atom is -0.397 e. The van der Waals surface area contributed by atoms with E-state index in [1.54, 1.807) is 12.1 Å². The first-order valence-electron chi connectivity index (χ1n) is 6.83. The van der Waals surface area contributed by atoms with E-state index in [2.05, 4.69) is 5.32 Å². The van der Waals surface area contributed by atoms with Crippen molar-refractivity contribution in [1.82, 2.24) is 5.32 Å². The molecule has 0 radical (unpaired) electrons. The van der Waals surface area contributed by atoms with Gasteiger partial charge in [0.15, 0.2) is 0 Å². The van der Waals surface area contributed by atoms with Gasteiger partial charge in [-0.15, -0.1) is 0 Å². The Kier molecular flexibility index (Phi) is 5.39. The minimum absolute atomic E-state index is 0.0479. The van der Waals surface area contributed by atoms with Crippen LogP contribution in [0.3, 0.4) is 0 Å². The van der Waals surface area contributed by atoms with Crippen molar-refractivity contribution < 1.29 is 9.90 Å². The number of benzene rings is 1. The second-order valence-corrected chi connectivity index (χ2v) is 5.51. The molecule has 0 aromatic heterocycles. The van der Waals surface area contributed by atoms with Gasteiger partial charge >= 0.3 is 0 Å². The quantitative estimate of drug-likeness (QED) is 0.691. The van der Waals surface area contributed by atoms with E-state index in [-0.39, 0.29) is 12.5 Å². The summed E-state index contributed by atoms with van der Waals surface area (Å²) in [5, 5.41) is 12.0. The largest absolute Gasteiger partial charge is 0.397 e. The number of nitrogen functional groups attached to an aromatic ring is 1. The summed E-state index contributed by atoms with van der Waals surface area (Å²) in [6.07, 6.45) is 1.28. The van der Waals surface area contributed by atoms with Crippen LogP contribution >= 0.6 is 0 Å². The first kappa shape index (κ1) is 16.3. The number of hydrogen-bond donors (Lipinski definition) is 3. The second kappa shape index (κ2) is 6.61. The fourth-order valence-electron chi connectivity index (χ4n) is 2.02. The van der Waals surface area contributed by atoms with Gasteiger partial charge in [-0.2, -0.15) is 0 Å². The van der Waals surface area contributed by atoms with Crippen LogP contribution in [0.15, 0.2) is 18.2 Å². The molecular formula is C15H25N3O2. The molecule has 4 N–H and O–H groups in total. The molecule has 1 aromatic rings. The van der Waals surface area contributed by atoms with Crippen LogP contribution in [-0.4, -0.2) is 37.3 Å². The lowest BCUT2D eigenvalue weighted by atomic mass is 9.94. The molecule has 1 atom stereocenters. The number of aliphatic hydroxyl groups excluding tert-OH is 1. The summed E-state index contributed by atoms with van der Waals surface area (Å²) in [7, 11) is 3.81. The summed E-state index contributed by atoms with van der Waals surface area (Å²) in [4.78, 5) is 14.2. The summed E-state index contributed by atoms with van der Waals surface area (Å²) in [6, 6.07) is 5.27. The summed E-state index contributed by atoms with van der Waals surface area (Å²) < 4.78 is 0. The van der Waals surface area contributed by atoms with Crippen LogP contribution in [0.2, 0.25) is 0 Å². The van der Waals surface area contributed by atoms with Gasteiger partial charge in [0.05, 0.1) is 11.4 Å². The summed E-state index contributed by atoms with van der Waals surface area (Å²) in [5.74, 6) is -0.167. The van der Waals surface area contributed by atoms with E-state index >= 15 is 0 Å². The van der Waals surface area contributed by atoms with Crippen LogP contribution in [0, 0.1) is 0 Å². The van der Waals surface area contributed by atoms with Gasteiger partial charge in [0.1, 0.15) is 0 Å². The fourth-order valence-corrected chi connectivity index (χ4v) is 2.02. The molecule has 0 fully saturated rings. The normalized spacial score (nSPS) is 13.7. The molecule has 112 valence electrons. The zero-order valence-electron chi connectivity index (χ0n) is 12.7. The highest BCUT2D eigenvalue weighted by Crippen LogP contribution is 2.23. The minimum atomic E-state index is -0.402. The van der Waals surface area contributed by atoms with Crippen LogP contribution < -0.4 is 16.0 Å². The Balaban J connectivity index is 2.90. The van der Waals surface area contributed by atoms with Crippen LogP contribution in [0.5, 0.6) is 0 Å². The number of nitrogens with one attached hydrogen (secondary N) is 1. The Morgan fingerprint density at radius 2 is 2.10 bits per heavy atom. The standard InChI is InChI=1S/C15H25N3O2/c1-5-15(2,8-9-19)17-14(20)11-6-7-13(18(3)4)12(16)10-11/h6-7,10,19H,5,8-9,16H2,1-4H3,(H,17,20). The number of carbonyl (C=O) groups excluding carboxylic acids is 1. The maximum absolute atomic E-state index is 12.3. The van der Waals surface area contributed by atoms with Gasteiger partial charge in [0.2, 0.25) is 0 Å². The molecular weight excluding hydrogens is 254 g/mol. The topological polar surface area (TPSA) is 78.6 Å². The van der Waals surface area contributed by atoms with E-state index in [0.717, 1.165) is 12.1 Å². The number of rotatable bonds is 6. The molecule has 0 aliphatic rings. The number of anilines is 2. The molecule has 1 unspecified atom stereocenters. The molecule has 0 heterocycles. The van der Waals surface area contributed by atoms with Gasteiger partial charge in [0, 0.05) is 31.8 Å². The lowest BCUT2D eigenvalue weighted by Crippen LogP contribution is -2.46. The number of aliphatic hydroxyl groups is 1. The molecule has 5 heteroatoms. The molecule has 1 amide bonds. The molecule has 20 heavy (non-hydrogen) atoms. The highest BCUT2D eigenvalue weighted by atomic mass is 16.3. The molecule has 0 bridgehead atoms. The average Bonchev–Trinajstić information content (AvgIpc) is 2.38. The fraction of sp³-hybridized carbons (Fsp3) is 0.533. The highest BCUT2D eigenvalue weighted by molar-refractivity contribution is 5.96. The molecule has 5 nitrogen and oxygen atoms in total. The predicted octanol–water partition coefficient (Wildman–Crippen LogP) is 1.62. The zero-order valence-corrected chi connectivity index (χ0v) is 12.7. The van der Waals surface area contributed by atoms with Crippen LogP contribution in [0.1, 0.15) is 37.0 Å². The molecule has 1 aromatic carbocycles. The smallest absolute Gasteiger partial charge is 0.251 e. The van der Waals surface area contributed by atoms with E-state index in [9.17, 15) is 4.79 Å². The van der Waals surface area contributed by atoms with Crippen molar-refractivity contribution in [3.05, 3.63) is 23.8 Å². The Morgan fingerprint density at radius 3 is 2.55 bits per heavy atom. The third-order valence-corrected chi connectivity index (χ3v) is 3.63. The lowest BCUT2D eigenvalue weighted by Gasteiger charge is -2.29. The van der Waals surface area contributed by atoms with E-state index in [4.69, 9.17) is 10.8 Å². The predicted molar refractivity (Wildman–Crippen MR) is 83.0 cm³/mol. The van der Waals surface area contributed by atoms with Crippen molar-refractivity contribution >= 4 is 17.3 Å². The highest BCUT2D eigenvalue weighted by Gasteiger charge is 2.24. The molecule has 0 saturated heterocycles. The van der Waals surface area contributed by atoms with Crippen LogP contribution in [-0.2, 0) is 0 Å². The first-order valence-corrected chi connectivity index (χ1v) is 6.83. The van der Waals surface area contributed by atoms with Crippen molar-refractivity contribution in [2.45, 2.75) is 32.2 Å². The van der Waals surface area contributed by atoms with Gasteiger partial charge in [-0.3, -0.25) is 4.79 Å². The number of hydrogen-bond acceptors (Lipinski definition) is 4. The van der Waals surface area contributed by atoms with Gasteiger partial charge in [0.25, 0.3) is 5.91 Å². The van der Waals surface area contributed by atoms with Crippen molar-refractivity contribution in [3.8, 4) is 0 Å². The van der Waals surface area contributed by atoms with E-state index in [1.165, 1.54) is 0 Å². The van der Waals surface area contributed by atoms with E-state index in [0.29, 0.717) is 17.7 Å². The van der Waals surface area contributed by atoms with Crippen LogP contribution in [0.4, 0.5) is 11.4 Å². The maximum Gasteiger partial charge on any atom is 0.251 e. The Labute approximate surface area is 120 Å². The number of amides is 1. The van der Waals surface area contributed by atoms with Gasteiger partial charge in [-0.1, -0.05) is 6.92 Å². The van der Waals surface area contributed by atoms with Crippen molar-refractivity contribution in [2.75, 3.05) is 31.3 Å². The van der Waals surface area contributed by atoms with Gasteiger partial charge in [-0.05, 0) is 38.0 Å². The van der Waals surface area contributed by atoms with Crippen molar-refractivity contribution in [3.63, 3.8) is 0 Å². The zero-order chi connectivity index (χ0) is 15.3. The van der Waals surface area contributed by atoms with E-state index in [1.807, 2.05) is 38.9 Å².